The van der Waals surface area contributed by atoms with E-state index in [0.29, 0.717) is 17.9 Å². The molecule has 25 heavy (non-hydrogen) atoms. The third-order valence-corrected chi connectivity index (χ3v) is 4.40. The number of hydrogen-bond donors (Lipinski definition) is 0. The topological polar surface area (TPSA) is 18.5 Å². The molecule has 3 rings (SSSR count). The minimum atomic E-state index is -4.53. The van der Waals surface area contributed by atoms with E-state index in [1.807, 2.05) is 30.3 Å². The molecule has 0 bridgehead atoms. The fourth-order valence-electron chi connectivity index (χ4n) is 2.63. The number of halogens is 4. The van der Waals surface area contributed by atoms with Crippen LogP contribution in [0.4, 0.5) is 13.2 Å². The molecule has 0 saturated heterocycles. The number of rotatable bonds is 4. The summed E-state index contributed by atoms with van der Waals surface area (Å²) in [4.78, 5) is 0. The monoisotopic (exact) mass is 368 g/mol. The summed E-state index contributed by atoms with van der Waals surface area (Å²) >= 11 is 6.16. The zero-order chi connectivity index (χ0) is 18.1. The Hall–Kier alpha value is -2.14. The minimum Gasteiger partial charge on any atom is -0.489 e. The lowest BCUT2D eigenvalue weighted by Gasteiger charge is -2.36. The molecule has 0 saturated carbocycles. The number of hydrogen-bond acceptors (Lipinski definition) is 2. The second kappa shape index (κ2) is 6.64. The highest BCUT2D eigenvalue weighted by Crippen LogP contribution is 2.46. The van der Waals surface area contributed by atoms with Gasteiger partial charge in [0.2, 0.25) is 5.60 Å². The Bertz CT molecular complexity index is 787. The summed E-state index contributed by atoms with van der Waals surface area (Å²) < 4.78 is 51.1. The van der Waals surface area contributed by atoms with Gasteiger partial charge >= 0.3 is 6.18 Å². The highest BCUT2D eigenvalue weighted by Gasteiger charge is 2.55. The van der Waals surface area contributed by atoms with E-state index in [0.717, 1.165) is 11.6 Å². The van der Waals surface area contributed by atoms with Crippen LogP contribution < -0.4 is 9.47 Å². The molecule has 1 aliphatic heterocycles. The van der Waals surface area contributed by atoms with E-state index in [4.69, 9.17) is 21.1 Å². The Kier molecular flexibility index (Phi) is 4.69. The standard InChI is InChI=1S/C19H16ClF3O2/c1-2-18(19(21,22)23)9-8-14-10-15(11-16(20)17(14)25-18)24-12-13-6-4-3-5-7-13/h3-11H,2,12H2,1H3. The van der Waals surface area contributed by atoms with Gasteiger partial charge in [-0.2, -0.15) is 13.2 Å². The number of fused-ring (bicyclic) bond motifs is 1. The zero-order valence-electron chi connectivity index (χ0n) is 13.4. The molecule has 2 nitrogen and oxygen atoms in total. The third kappa shape index (κ3) is 3.47. The molecule has 132 valence electrons. The Labute approximate surface area is 148 Å². The minimum absolute atomic E-state index is 0.0235. The molecule has 0 fully saturated rings. The quantitative estimate of drug-likeness (QED) is 0.655. The average Bonchev–Trinajstić information content (AvgIpc) is 2.60. The smallest absolute Gasteiger partial charge is 0.432 e. The Morgan fingerprint density at radius 3 is 2.52 bits per heavy atom. The van der Waals surface area contributed by atoms with Crippen molar-refractivity contribution in [3.63, 3.8) is 0 Å². The van der Waals surface area contributed by atoms with Gasteiger partial charge in [-0.25, -0.2) is 0 Å². The molecular weight excluding hydrogens is 353 g/mol. The van der Waals surface area contributed by atoms with Crippen LogP contribution in [0.1, 0.15) is 24.5 Å². The highest BCUT2D eigenvalue weighted by molar-refractivity contribution is 6.32. The number of benzene rings is 2. The summed E-state index contributed by atoms with van der Waals surface area (Å²) in [5.41, 5.74) is -0.912. The van der Waals surface area contributed by atoms with Crippen LogP contribution in [0.15, 0.2) is 48.5 Å². The predicted molar refractivity (Wildman–Crippen MR) is 91.0 cm³/mol. The molecule has 1 atom stereocenters. The summed E-state index contributed by atoms with van der Waals surface area (Å²) in [5, 5.41) is 0.0898. The molecule has 6 heteroatoms. The molecule has 1 unspecified atom stereocenters. The Morgan fingerprint density at radius 1 is 1.16 bits per heavy atom. The average molecular weight is 369 g/mol. The van der Waals surface area contributed by atoms with Gasteiger partial charge in [0.15, 0.2) is 0 Å². The van der Waals surface area contributed by atoms with Crippen LogP contribution in [-0.4, -0.2) is 11.8 Å². The van der Waals surface area contributed by atoms with Gasteiger partial charge in [-0.15, -0.1) is 0 Å². The van der Waals surface area contributed by atoms with E-state index >= 15 is 0 Å². The largest absolute Gasteiger partial charge is 0.489 e. The lowest BCUT2D eigenvalue weighted by atomic mass is 9.94. The molecule has 0 aliphatic carbocycles. The zero-order valence-corrected chi connectivity index (χ0v) is 14.2. The van der Waals surface area contributed by atoms with Crippen molar-refractivity contribution in [3.05, 3.63) is 64.7 Å². The van der Waals surface area contributed by atoms with Gasteiger partial charge in [-0.1, -0.05) is 54.9 Å². The van der Waals surface area contributed by atoms with Crippen molar-refractivity contribution in [2.24, 2.45) is 0 Å². The second-order valence-corrected chi connectivity index (χ2v) is 6.18. The van der Waals surface area contributed by atoms with Gasteiger partial charge in [0.25, 0.3) is 0 Å². The highest BCUT2D eigenvalue weighted by atomic mass is 35.5. The predicted octanol–water partition coefficient (Wildman–Crippen LogP) is 6.04. The molecule has 0 radical (unpaired) electrons. The van der Waals surface area contributed by atoms with Gasteiger partial charge in [0.05, 0.1) is 5.02 Å². The van der Waals surface area contributed by atoms with Crippen molar-refractivity contribution in [3.8, 4) is 11.5 Å². The molecule has 0 aromatic heterocycles. The van der Waals surface area contributed by atoms with Crippen LogP contribution in [0.25, 0.3) is 6.08 Å². The summed E-state index contributed by atoms with van der Waals surface area (Å²) in [5.74, 6) is 0.493. The Balaban J connectivity index is 1.85. The van der Waals surface area contributed by atoms with E-state index in [9.17, 15) is 13.2 Å². The molecule has 2 aromatic carbocycles. The van der Waals surface area contributed by atoms with E-state index < -0.39 is 11.8 Å². The Morgan fingerprint density at radius 2 is 1.88 bits per heavy atom. The number of alkyl halides is 3. The van der Waals surface area contributed by atoms with Gasteiger partial charge in [-0.05, 0) is 24.1 Å². The first kappa shape index (κ1) is 17.7. The maximum atomic E-state index is 13.4. The fourth-order valence-corrected chi connectivity index (χ4v) is 2.88. The normalized spacial score (nSPS) is 19.2. The number of ether oxygens (including phenoxy) is 2. The van der Waals surface area contributed by atoms with Crippen LogP contribution in [0.5, 0.6) is 11.5 Å². The molecule has 1 heterocycles. The molecular formula is C19H16ClF3O2. The van der Waals surface area contributed by atoms with Gasteiger partial charge in [-0.3, -0.25) is 0 Å². The van der Waals surface area contributed by atoms with E-state index in [1.54, 1.807) is 6.07 Å². The lowest BCUT2D eigenvalue weighted by molar-refractivity contribution is -0.230. The van der Waals surface area contributed by atoms with Gasteiger partial charge in [0, 0.05) is 11.6 Å². The third-order valence-electron chi connectivity index (χ3n) is 4.12. The first-order valence-electron chi connectivity index (χ1n) is 7.80. The van der Waals surface area contributed by atoms with E-state index in [-0.39, 0.29) is 17.2 Å². The van der Waals surface area contributed by atoms with Crippen molar-refractivity contribution < 1.29 is 22.6 Å². The molecule has 0 spiro atoms. The second-order valence-electron chi connectivity index (χ2n) is 5.77. The van der Waals surface area contributed by atoms with Crippen LogP contribution in [0.3, 0.4) is 0 Å². The van der Waals surface area contributed by atoms with Crippen molar-refractivity contribution in [1.82, 2.24) is 0 Å². The van der Waals surface area contributed by atoms with Crippen molar-refractivity contribution in [2.75, 3.05) is 0 Å². The van der Waals surface area contributed by atoms with Crippen molar-refractivity contribution in [2.45, 2.75) is 31.7 Å². The summed E-state index contributed by atoms with van der Waals surface area (Å²) in [7, 11) is 0. The first-order valence-corrected chi connectivity index (χ1v) is 8.18. The summed E-state index contributed by atoms with van der Waals surface area (Å²) in [6.07, 6.45) is -2.35. The van der Waals surface area contributed by atoms with Crippen molar-refractivity contribution >= 4 is 17.7 Å². The van der Waals surface area contributed by atoms with Crippen LogP contribution >= 0.6 is 11.6 Å². The van der Waals surface area contributed by atoms with Crippen LogP contribution in [0, 0.1) is 0 Å². The van der Waals surface area contributed by atoms with E-state index in [1.165, 1.54) is 19.1 Å². The van der Waals surface area contributed by atoms with Crippen LogP contribution in [-0.2, 0) is 6.61 Å². The first-order chi connectivity index (χ1) is 11.8. The van der Waals surface area contributed by atoms with Crippen molar-refractivity contribution in [1.29, 1.82) is 0 Å². The molecule has 1 aliphatic rings. The molecule has 2 aromatic rings. The maximum Gasteiger partial charge on any atom is 0.432 e. The van der Waals surface area contributed by atoms with Gasteiger partial charge < -0.3 is 9.47 Å². The maximum absolute atomic E-state index is 13.4. The molecule has 0 amide bonds. The fraction of sp³-hybridized carbons (Fsp3) is 0.263. The lowest BCUT2D eigenvalue weighted by Crippen LogP contribution is -2.49. The molecule has 0 N–H and O–H groups in total. The summed E-state index contributed by atoms with van der Waals surface area (Å²) in [6, 6.07) is 12.6. The van der Waals surface area contributed by atoms with E-state index in [2.05, 4.69) is 0 Å². The van der Waals surface area contributed by atoms with Crippen LogP contribution in [0.2, 0.25) is 5.02 Å². The van der Waals surface area contributed by atoms with Gasteiger partial charge in [0.1, 0.15) is 18.1 Å². The SMILES string of the molecule is CCC1(C(F)(F)F)C=Cc2cc(OCc3ccccc3)cc(Cl)c2O1. The summed E-state index contributed by atoms with van der Waals surface area (Å²) in [6.45, 7) is 1.76.